The first kappa shape index (κ1) is 15.7. The van der Waals surface area contributed by atoms with Gasteiger partial charge in [-0.3, -0.25) is 4.79 Å². The van der Waals surface area contributed by atoms with Gasteiger partial charge in [-0.05, 0) is 53.8 Å². The molecule has 1 aliphatic heterocycles. The lowest BCUT2D eigenvalue weighted by molar-refractivity contribution is -0.127. The van der Waals surface area contributed by atoms with Crippen molar-refractivity contribution in [3.63, 3.8) is 0 Å². The Balaban J connectivity index is 2.07. The number of rotatable bonds is 3. The Bertz CT molecular complexity index is 501. The third kappa shape index (κ3) is 3.51. The van der Waals surface area contributed by atoms with Crippen LogP contribution in [0.5, 0.6) is 0 Å². The molecule has 0 bridgehead atoms. The van der Waals surface area contributed by atoms with E-state index in [-0.39, 0.29) is 5.91 Å². The highest BCUT2D eigenvalue weighted by molar-refractivity contribution is 9.10. The van der Waals surface area contributed by atoms with E-state index in [1.165, 1.54) is 0 Å². The van der Waals surface area contributed by atoms with Crippen LogP contribution in [0.2, 0.25) is 5.15 Å². The van der Waals surface area contributed by atoms with Crippen molar-refractivity contribution < 1.29 is 4.79 Å². The Morgan fingerprint density at radius 2 is 2.35 bits per heavy atom. The molecule has 0 aromatic carbocycles. The molecular weight excluding hydrogens is 342 g/mol. The van der Waals surface area contributed by atoms with E-state index in [4.69, 9.17) is 11.6 Å². The van der Waals surface area contributed by atoms with Gasteiger partial charge in [-0.15, -0.1) is 0 Å². The van der Waals surface area contributed by atoms with Crippen molar-refractivity contribution in [3.8, 4) is 0 Å². The maximum Gasteiger partial charge on any atom is 0.230 e. The minimum absolute atomic E-state index is 0.0159. The van der Waals surface area contributed by atoms with Gasteiger partial charge in [0.1, 0.15) is 5.15 Å². The standard InChI is InChI=1S/C14H19BrClN3O/c1-14(2,9-4-3-5-17-7-9)13(20)19-10-6-11(15)12(16)18-8-10/h6,8-9,17H,3-5,7H2,1-2H3,(H,19,20). The van der Waals surface area contributed by atoms with Gasteiger partial charge in [0.2, 0.25) is 5.91 Å². The van der Waals surface area contributed by atoms with Crippen LogP contribution in [0.3, 0.4) is 0 Å². The van der Waals surface area contributed by atoms with Crippen molar-refractivity contribution >= 4 is 39.1 Å². The molecule has 20 heavy (non-hydrogen) atoms. The van der Waals surface area contributed by atoms with Gasteiger partial charge in [0.25, 0.3) is 0 Å². The SMILES string of the molecule is CC(C)(C(=O)Nc1cnc(Cl)c(Br)c1)C1CCCNC1. The number of carbonyl (C=O) groups excluding carboxylic acids is 1. The van der Waals surface area contributed by atoms with Gasteiger partial charge in [-0.25, -0.2) is 4.98 Å². The van der Waals surface area contributed by atoms with Crippen LogP contribution in [0.4, 0.5) is 5.69 Å². The number of nitrogens with one attached hydrogen (secondary N) is 2. The number of hydrogen-bond donors (Lipinski definition) is 2. The minimum atomic E-state index is -0.417. The third-order valence-electron chi connectivity index (χ3n) is 3.96. The molecule has 1 saturated heterocycles. The maximum atomic E-state index is 12.5. The summed E-state index contributed by atoms with van der Waals surface area (Å²) in [5.41, 5.74) is 0.239. The van der Waals surface area contributed by atoms with E-state index in [0.717, 1.165) is 25.9 Å². The van der Waals surface area contributed by atoms with Crippen molar-refractivity contribution in [2.75, 3.05) is 18.4 Å². The van der Waals surface area contributed by atoms with E-state index in [1.54, 1.807) is 12.3 Å². The van der Waals surface area contributed by atoms with E-state index in [2.05, 4.69) is 31.5 Å². The molecule has 6 heteroatoms. The maximum absolute atomic E-state index is 12.5. The van der Waals surface area contributed by atoms with Crippen molar-refractivity contribution in [1.82, 2.24) is 10.3 Å². The van der Waals surface area contributed by atoms with Crippen molar-refractivity contribution in [1.29, 1.82) is 0 Å². The zero-order valence-corrected chi connectivity index (χ0v) is 14.0. The summed E-state index contributed by atoms with van der Waals surface area (Å²) in [5.74, 6) is 0.363. The Morgan fingerprint density at radius 1 is 1.60 bits per heavy atom. The summed E-state index contributed by atoms with van der Waals surface area (Å²) < 4.78 is 0.675. The van der Waals surface area contributed by atoms with Gasteiger partial charge < -0.3 is 10.6 Å². The van der Waals surface area contributed by atoms with E-state index >= 15 is 0 Å². The fourth-order valence-electron chi connectivity index (χ4n) is 2.43. The lowest BCUT2D eigenvalue weighted by Crippen LogP contribution is -2.44. The Kier molecular flexibility index (Phi) is 5.04. The van der Waals surface area contributed by atoms with Crippen LogP contribution in [0, 0.1) is 11.3 Å². The molecule has 2 N–H and O–H groups in total. The zero-order chi connectivity index (χ0) is 14.8. The van der Waals surface area contributed by atoms with E-state index in [9.17, 15) is 4.79 Å². The highest BCUT2D eigenvalue weighted by Gasteiger charge is 2.37. The molecule has 0 aliphatic carbocycles. The summed E-state index contributed by atoms with van der Waals surface area (Å²) in [4.78, 5) is 16.5. The average Bonchev–Trinajstić information content (AvgIpc) is 2.44. The second-order valence-electron chi connectivity index (χ2n) is 5.72. The quantitative estimate of drug-likeness (QED) is 0.812. The van der Waals surface area contributed by atoms with Crippen LogP contribution in [0.1, 0.15) is 26.7 Å². The number of pyridine rings is 1. The molecule has 0 radical (unpaired) electrons. The van der Waals surface area contributed by atoms with Crippen LogP contribution in [0.15, 0.2) is 16.7 Å². The molecule has 4 nitrogen and oxygen atoms in total. The number of nitrogens with zero attached hydrogens (tertiary/aromatic N) is 1. The second-order valence-corrected chi connectivity index (χ2v) is 6.93. The highest BCUT2D eigenvalue weighted by Crippen LogP contribution is 2.33. The topological polar surface area (TPSA) is 54.0 Å². The fourth-order valence-corrected chi connectivity index (χ4v) is 2.89. The summed E-state index contributed by atoms with van der Waals surface area (Å²) in [6, 6.07) is 1.77. The van der Waals surface area contributed by atoms with Gasteiger partial charge >= 0.3 is 0 Å². The Morgan fingerprint density at radius 3 is 2.95 bits per heavy atom. The number of amides is 1. The number of halogens is 2. The predicted octanol–water partition coefficient (Wildman–Crippen LogP) is 3.46. The predicted molar refractivity (Wildman–Crippen MR) is 85.0 cm³/mol. The first-order chi connectivity index (χ1) is 9.41. The monoisotopic (exact) mass is 359 g/mol. The van der Waals surface area contributed by atoms with Gasteiger partial charge in [0.15, 0.2) is 0 Å². The van der Waals surface area contributed by atoms with Crippen molar-refractivity contribution in [2.24, 2.45) is 11.3 Å². The molecule has 2 heterocycles. The number of aromatic nitrogens is 1. The summed E-state index contributed by atoms with van der Waals surface area (Å²) in [7, 11) is 0. The molecule has 110 valence electrons. The zero-order valence-electron chi connectivity index (χ0n) is 11.7. The summed E-state index contributed by atoms with van der Waals surface area (Å²) >= 11 is 9.16. The minimum Gasteiger partial charge on any atom is -0.324 e. The number of anilines is 1. The van der Waals surface area contributed by atoms with E-state index in [0.29, 0.717) is 21.2 Å². The molecule has 1 aromatic rings. The first-order valence-corrected chi connectivity index (χ1v) is 7.91. The van der Waals surface area contributed by atoms with Gasteiger partial charge in [-0.2, -0.15) is 0 Å². The van der Waals surface area contributed by atoms with Gasteiger partial charge in [-0.1, -0.05) is 25.4 Å². The highest BCUT2D eigenvalue weighted by atomic mass is 79.9. The summed E-state index contributed by atoms with van der Waals surface area (Å²) in [6.07, 6.45) is 3.77. The van der Waals surface area contributed by atoms with E-state index in [1.807, 2.05) is 13.8 Å². The third-order valence-corrected chi connectivity index (χ3v) is 5.09. The Labute approximate surface area is 132 Å². The molecule has 1 atom stereocenters. The van der Waals surface area contributed by atoms with E-state index < -0.39 is 5.41 Å². The molecule has 1 fully saturated rings. The molecule has 1 amide bonds. The molecule has 1 aromatic heterocycles. The molecule has 0 spiro atoms. The number of carbonyl (C=O) groups is 1. The normalized spacial score (nSPS) is 19.7. The van der Waals surface area contributed by atoms with Crippen molar-refractivity contribution in [3.05, 3.63) is 21.9 Å². The fraction of sp³-hybridized carbons (Fsp3) is 0.571. The lowest BCUT2D eigenvalue weighted by Gasteiger charge is -2.36. The molecule has 2 rings (SSSR count). The van der Waals surface area contributed by atoms with Crippen molar-refractivity contribution in [2.45, 2.75) is 26.7 Å². The average molecular weight is 361 g/mol. The molecule has 0 saturated carbocycles. The number of hydrogen-bond acceptors (Lipinski definition) is 3. The van der Waals surface area contributed by atoms with Gasteiger partial charge in [0, 0.05) is 5.41 Å². The lowest BCUT2D eigenvalue weighted by atomic mass is 9.74. The van der Waals surface area contributed by atoms with Crippen LogP contribution in [-0.2, 0) is 4.79 Å². The van der Waals surface area contributed by atoms with Crippen LogP contribution >= 0.6 is 27.5 Å². The largest absolute Gasteiger partial charge is 0.324 e. The second kappa shape index (κ2) is 6.41. The smallest absolute Gasteiger partial charge is 0.230 e. The summed E-state index contributed by atoms with van der Waals surface area (Å²) in [6.45, 7) is 5.93. The first-order valence-electron chi connectivity index (χ1n) is 6.74. The van der Waals surface area contributed by atoms with Crippen LogP contribution in [0.25, 0.3) is 0 Å². The van der Waals surface area contributed by atoms with Crippen LogP contribution < -0.4 is 10.6 Å². The summed E-state index contributed by atoms with van der Waals surface area (Å²) in [5, 5.41) is 6.68. The Hall–Kier alpha value is -0.650. The molecular formula is C14H19BrClN3O. The number of piperidine rings is 1. The molecule has 1 aliphatic rings. The van der Waals surface area contributed by atoms with Crippen LogP contribution in [-0.4, -0.2) is 24.0 Å². The van der Waals surface area contributed by atoms with Gasteiger partial charge in [0.05, 0.1) is 16.4 Å². The molecule has 1 unspecified atom stereocenters.